The molecule has 1 aromatic rings. The van der Waals surface area contributed by atoms with E-state index in [1.807, 2.05) is 36.9 Å². The van der Waals surface area contributed by atoms with Crippen molar-refractivity contribution in [3.8, 4) is 0 Å². The number of ether oxygens (including phenoxy) is 2. The van der Waals surface area contributed by atoms with E-state index in [1.54, 1.807) is 0 Å². The molecule has 0 aliphatic carbocycles. The van der Waals surface area contributed by atoms with Gasteiger partial charge in [-0.1, -0.05) is 30.3 Å². The van der Waals surface area contributed by atoms with E-state index in [0.29, 0.717) is 19.6 Å². The van der Waals surface area contributed by atoms with Crippen LogP contribution in [0, 0.1) is 5.92 Å². The molecule has 1 aromatic carbocycles. The molecule has 2 atom stereocenters. The Labute approximate surface area is 119 Å². The van der Waals surface area contributed by atoms with E-state index < -0.39 is 5.79 Å². The molecule has 0 aromatic heterocycles. The van der Waals surface area contributed by atoms with E-state index in [-0.39, 0.29) is 17.9 Å². The Kier molecular flexibility index (Phi) is 3.52. The van der Waals surface area contributed by atoms with Crippen molar-refractivity contribution >= 4 is 5.91 Å². The Morgan fingerprint density at radius 3 is 2.70 bits per heavy atom. The first-order valence-electron chi connectivity index (χ1n) is 7.17. The molecule has 0 N–H and O–H groups in total. The second-order valence-electron chi connectivity index (χ2n) is 6.09. The van der Waals surface area contributed by atoms with Gasteiger partial charge >= 0.3 is 0 Å². The van der Waals surface area contributed by atoms with Crippen molar-refractivity contribution in [2.24, 2.45) is 5.92 Å². The molecule has 0 saturated carbocycles. The summed E-state index contributed by atoms with van der Waals surface area (Å²) in [6.07, 6.45) is 0.603. The Balaban J connectivity index is 1.61. The van der Waals surface area contributed by atoms with Crippen molar-refractivity contribution in [3.63, 3.8) is 0 Å². The van der Waals surface area contributed by atoms with Gasteiger partial charge in [0.25, 0.3) is 0 Å². The zero-order valence-electron chi connectivity index (χ0n) is 12.0. The highest BCUT2D eigenvalue weighted by atomic mass is 16.7. The quantitative estimate of drug-likeness (QED) is 0.848. The summed E-state index contributed by atoms with van der Waals surface area (Å²) < 4.78 is 11.5. The average molecular weight is 275 g/mol. The number of nitrogens with zero attached hydrogens (tertiary/aromatic N) is 1. The molecule has 4 nitrogen and oxygen atoms in total. The lowest BCUT2D eigenvalue weighted by atomic mass is 10.0. The first kappa shape index (κ1) is 13.6. The second kappa shape index (κ2) is 5.19. The zero-order chi connectivity index (χ0) is 14.2. The number of rotatable bonds is 3. The summed E-state index contributed by atoms with van der Waals surface area (Å²) in [5.41, 5.74) is 1.17. The zero-order valence-corrected chi connectivity index (χ0v) is 12.0. The molecule has 2 aliphatic heterocycles. The average Bonchev–Trinajstić information content (AvgIpc) is 2.95. The summed E-state index contributed by atoms with van der Waals surface area (Å²) in [4.78, 5) is 14.1. The summed E-state index contributed by atoms with van der Waals surface area (Å²) in [6.45, 7) is 5.88. The van der Waals surface area contributed by atoms with E-state index in [2.05, 4.69) is 12.1 Å². The van der Waals surface area contributed by atoms with E-state index >= 15 is 0 Å². The molecule has 2 fully saturated rings. The number of carbonyl (C=O) groups excluding carboxylic acids is 1. The van der Waals surface area contributed by atoms with E-state index in [9.17, 15) is 4.79 Å². The second-order valence-corrected chi connectivity index (χ2v) is 6.09. The highest BCUT2D eigenvalue weighted by molar-refractivity contribution is 5.78. The van der Waals surface area contributed by atoms with E-state index in [4.69, 9.17) is 9.47 Å². The molecule has 4 heteroatoms. The molecule has 2 heterocycles. The van der Waals surface area contributed by atoms with E-state index in [0.717, 1.165) is 6.54 Å². The van der Waals surface area contributed by atoms with Crippen molar-refractivity contribution in [2.75, 3.05) is 13.2 Å². The van der Waals surface area contributed by atoms with Crippen LogP contribution in [0.4, 0.5) is 0 Å². The summed E-state index contributed by atoms with van der Waals surface area (Å²) in [7, 11) is 0. The minimum Gasteiger partial charge on any atom is -0.348 e. The van der Waals surface area contributed by atoms with Crippen LogP contribution in [0.5, 0.6) is 0 Å². The molecule has 3 rings (SSSR count). The van der Waals surface area contributed by atoms with Gasteiger partial charge in [-0.25, -0.2) is 0 Å². The summed E-state index contributed by atoms with van der Waals surface area (Å²) in [5, 5.41) is 0. The SMILES string of the molecule is CC1(C)OCC([C@H]2CC(=O)N(Cc3ccccc3)C2)O1. The van der Waals surface area contributed by atoms with Crippen LogP contribution < -0.4 is 0 Å². The number of amides is 1. The Bertz CT molecular complexity index is 486. The molecule has 1 unspecified atom stereocenters. The molecule has 108 valence electrons. The van der Waals surface area contributed by atoms with Gasteiger partial charge < -0.3 is 14.4 Å². The van der Waals surface area contributed by atoms with Gasteiger partial charge in [-0.2, -0.15) is 0 Å². The highest BCUT2D eigenvalue weighted by Gasteiger charge is 2.42. The third-order valence-corrected chi connectivity index (χ3v) is 4.02. The maximum atomic E-state index is 12.1. The van der Waals surface area contributed by atoms with Gasteiger partial charge in [0.2, 0.25) is 5.91 Å². The monoisotopic (exact) mass is 275 g/mol. The Morgan fingerprint density at radius 2 is 2.05 bits per heavy atom. The Morgan fingerprint density at radius 1 is 1.30 bits per heavy atom. The van der Waals surface area contributed by atoms with E-state index in [1.165, 1.54) is 5.56 Å². The number of benzene rings is 1. The van der Waals surface area contributed by atoms with Crippen LogP contribution in [0.15, 0.2) is 30.3 Å². The lowest BCUT2D eigenvalue weighted by Gasteiger charge is -2.21. The normalized spacial score (nSPS) is 29.1. The van der Waals surface area contributed by atoms with Crippen LogP contribution in [-0.2, 0) is 20.8 Å². The summed E-state index contributed by atoms with van der Waals surface area (Å²) in [6, 6.07) is 10.1. The fourth-order valence-electron chi connectivity index (χ4n) is 2.96. The molecule has 20 heavy (non-hydrogen) atoms. The third-order valence-electron chi connectivity index (χ3n) is 4.02. The van der Waals surface area contributed by atoms with Crippen LogP contribution in [-0.4, -0.2) is 35.8 Å². The maximum absolute atomic E-state index is 12.1. The van der Waals surface area contributed by atoms with Crippen LogP contribution in [0.2, 0.25) is 0 Å². The molecule has 1 amide bonds. The summed E-state index contributed by atoms with van der Waals surface area (Å²) in [5.74, 6) is -0.0549. The molecular weight excluding hydrogens is 254 g/mol. The molecule has 2 aliphatic rings. The standard InChI is InChI=1S/C16H21NO3/c1-16(2)19-11-14(20-16)13-8-15(18)17(10-13)9-12-6-4-3-5-7-12/h3-7,13-14H,8-11H2,1-2H3/t13-,14?/m0/s1. The van der Waals surface area contributed by atoms with Gasteiger partial charge in [0.1, 0.15) is 0 Å². The van der Waals surface area contributed by atoms with Gasteiger partial charge in [-0.05, 0) is 19.4 Å². The molecule has 2 saturated heterocycles. The van der Waals surface area contributed by atoms with Crippen molar-refractivity contribution in [1.82, 2.24) is 4.90 Å². The van der Waals surface area contributed by atoms with Crippen molar-refractivity contribution in [2.45, 2.75) is 38.7 Å². The smallest absolute Gasteiger partial charge is 0.223 e. The third kappa shape index (κ3) is 2.86. The van der Waals surface area contributed by atoms with Gasteiger partial charge in [-0.3, -0.25) is 4.79 Å². The van der Waals surface area contributed by atoms with Crippen molar-refractivity contribution in [1.29, 1.82) is 0 Å². The molecular formula is C16H21NO3. The lowest BCUT2D eigenvalue weighted by molar-refractivity contribution is -0.144. The Hall–Kier alpha value is -1.39. The van der Waals surface area contributed by atoms with Gasteiger partial charge in [0, 0.05) is 25.4 Å². The summed E-state index contributed by atoms with van der Waals surface area (Å²) >= 11 is 0. The van der Waals surface area contributed by atoms with Gasteiger partial charge in [0.15, 0.2) is 5.79 Å². The minimum atomic E-state index is -0.513. The minimum absolute atomic E-state index is 0.0368. The number of hydrogen-bond acceptors (Lipinski definition) is 3. The highest BCUT2D eigenvalue weighted by Crippen LogP contribution is 2.32. The first-order valence-corrected chi connectivity index (χ1v) is 7.17. The van der Waals surface area contributed by atoms with Gasteiger partial charge in [0.05, 0.1) is 12.7 Å². The maximum Gasteiger partial charge on any atom is 0.223 e. The lowest BCUT2D eigenvalue weighted by Crippen LogP contribution is -2.29. The van der Waals surface area contributed by atoms with Crippen molar-refractivity contribution in [3.05, 3.63) is 35.9 Å². The predicted octanol–water partition coefficient (Wildman–Crippen LogP) is 2.19. The van der Waals surface area contributed by atoms with Crippen LogP contribution >= 0.6 is 0 Å². The van der Waals surface area contributed by atoms with Crippen LogP contribution in [0.25, 0.3) is 0 Å². The number of likely N-dealkylation sites (tertiary alicyclic amines) is 1. The molecule has 0 bridgehead atoms. The molecule has 0 spiro atoms. The first-order chi connectivity index (χ1) is 9.53. The largest absolute Gasteiger partial charge is 0.348 e. The predicted molar refractivity (Wildman–Crippen MR) is 74.9 cm³/mol. The topological polar surface area (TPSA) is 38.8 Å². The molecule has 0 radical (unpaired) electrons. The fraction of sp³-hybridized carbons (Fsp3) is 0.562. The fourth-order valence-corrected chi connectivity index (χ4v) is 2.96. The van der Waals surface area contributed by atoms with Crippen molar-refractivity contribution < 1.29 is 14.3 Å². The van der Waals surface area contributed by atoms with Crippen LogP contribution in [0.1, 0.15) is 25.8 Å². The number of carbonyl (C=O) groups is 1. The van der Waals surface area contributed by atoms with Gasteiger partial charge in [-0.15, -0.1) is 0 Å². The van der Waals surface area contributed by atoms with Crippen LogP contribution in [0.3, 0.4) is 0 Å². The number of hydrogen-bond donors (Lipinski definition) is 0.